The largest absolute Gasteiger partial charge is 0.497 e. The van der Waals surface area contributed by atoms with E-state index in [2.05, 4.69) is 28.1 Å². The van der Waals surface area contributed by atoms with Crippen molar-refractivity contribution in [2.75, 3.05) is 20.2 Å². The number of benzene rings is 2. The Labute approximate surface area is 170 Å². The Balaban J connectivity index is 1.47. The SMILES string of the molecule is C/C=C1/CN(Cc2ccc(OC)cc2)CC[C@H]1C(=O)c1cc2cc(F)ccc2[nH]1. The van der Waals surface area contributed by atoms with Crippen LogP contribution >= 0.6 is 0 Å². The van der Waals surface area contributed by atoms with Crippen molar-refractivity contribution in [1.82, 2.24) is 9.88 Å². The first-order valence-electron chi connectivity index (χ1n) is 9.90. The van der Waals surface area contributed by atoms with Crippen LogP contribution in [-0.2, 0) is 6.54 Å². The van der Waals surface area contributed by atoms with Gasteiger partial charge in [0.15, 0.2) is 5.78 Å². The number of H-pyrrole nitrogens is 1. The molecule has 2 aromatic carbocycles. The molecular formula is C24H25FN2O2. The number of piperidine rings is 1. The summed E-state index contributed by atoms with van der Waals surface area (Å²) in [6, 6.07) is 14.4. The number of hydrogen-bond acceptors (Lipinski definition) is 3. The second kappa shape index (κ2) is 8.21. The Morgan fingerprint density at radius 2 is 2.03 bits per heavy atom. The van der Waals surface area contributed by atoms with Crippen LogP contribution in [0.1, 0.15) is 29.4 Å². The number of hydrogen-bond donors (Lipinski definition) is 1. The fourth-order valence-electron chi connectivity index (χ4n) is 4.08. The Kier molecular flexibility index (Phi) is 5.49. The summed E-state index contributed by atoms with van der Waals surface area (Å²) in [6.45, 7) is 4.46. The van der Waals surface area contributed by atoms with Gasteiger partial charge in [0.2, 0.25) is 0 Å². The molecule has 1 aliphatic rings. The second-order valence-corrected chi connectivity index (χ2v) is 7.54. The average molecular weight is 392 g/mol. The van der Waals surface area contributed by atoms with E-state index < -0.39 is 0 Å². The summed E-state index contributed by atoms with van der Waals surface area (Å²) in [7, 11) is 1.67. The van der Waals surface area contributed by atoms with Gasteiger partial charge in [0.25, 0.3) is 0 Å². The molecule has 1 aromatic heterocycles. The predicted molar refractivity (Wildman–Crippen MR) is 113 cm³/mol. The van der Waals surface area contributed by atoms with Crippen LogP contribution in [-0.4, -0.2) is 35.9 Å². The molecule has 1 saturated heterocycles. The maximum atomic E-state index is 13.5. The number of carbonyl (C=O) groups is 1. The smallest absolute Gasteiger partial charge is 0.186 e. The maximum absolute atomic E-state index is 13.5. The fraction of sp³-hybridized carbons (Fsp3) is 0.292. The number of methoxy groups -OCH3 is 1. The highest BCUT2D eigenvalue weighted by Gasteiger charge is 2.30. The van der Waals surface area contributed by atoms with Crippen molar-refractivity contribution in [3.05, 3.63) is 77.3 Å². The van der Waals surface area contributed by atoms with E-state index in [-0.39, 0.29) is 17.5 Å². The summed E-state index contributed by atoms with van der Waals surface area (Å²) in [5, 5.41) is 0.729. The lowest BCUT2D eigenvalue weighted by Crippen LogP contribution is -2.38. The van der Waals surface area contributed by atoms with E-state index in [9.17, 15) is 9.18 Å². The molecule has 2 heterocycles. The second-order valence-electron chi connectivity index (χ2n) is 7.54. The van der Waals surface area contributed by atoms with Crippen LogP contribution in [0.4, 0.5) is 4.39 Å². The molecule has 0 radical (unpaired) electrons. The highest BCUT2D eigenvalue weighted by atomic mass is 19.1. The fourth-order valence-corrected chi connectivity index (χ4v) is 4.08. The highest BCUT2D eigenvalue weighted by molar-refractivity contribution is 6.02. The number of allylic oxidation sites excluding steroid dienone is 1. The minimum Gasteiger partial charge on any atom is -0.497 e. The van der Waals surface area contributed by atoms with Gasteiger partial charge < -0.3 is 9.72 Å². The topological polar surface area (TPSA) is 45.3 Å². The highest BCUT2D eigenvalue weighted by Crippen LogP contribution is 2.29. The van der Waals surface area contributed by atoms with Gasteiger partial charge in [-0.15, -0.1) is 0 Å². The quantitative estimate of drug-likeness (QED) is 0.493. The first-order chi connectivity index (χ1) is 14.1. The Morgan fingerprint density at radius 1 is 1.24 bits per heavy atom. The predicted octanol–water partition coefficient (Wildman–Crippen LogP) is 4.97. The van der Waals surface area contributed by atoms with Crippen molar-refractivity contribution in [2.24, 2.45) is 5.92 Å². The van der Waals surface area contributed by atoms with Crippen LogP contribution in [0.2, 0.25) is 0 Å². The zero-order valence-corrected chi connectivity index (χ0v) is 16.7. The summed E-state index contributed by atoms with van der Waals surface area (Å²) in [4.78, 5) is 18.7. The summed E-state index contributed by atoms with van der Waals surface area (Å²) >= 11 is 0. The lowest BCUT2D eigenvalue weighted by atomic mass is 9.86. The Morgan fingerprint density at radius 3 is 2.76 bits per heavy atom. The van der Waals surface area contributed by atoms with Crippen LogP contribution in [0.15, 0.2) is 60.2 Å². The van der Waals surface area contributed by atoms with Crippen molar-refractivity contribution in [3.8, 4) is 5.75 Å². The first kappa shape index (κ1) is 19.4. The average Bonchev–Trinajstić information content (AvgIpc) is 3.17. The maximum Gasteiger partial charge on any atom is 0.186 e. The van der Waals surface area contributed by atoms with Crippen LogP contribution in [0.25, 0.3) is 10.9 Å². The van der Waals surface area contributed by atoms with Crippen molar-refractivity contribution in [2.45, 2.75) is 19.9 Å². The number of fused-ring (bicyclic) bond motifs is 1. The number of aromatic nitrogens is 1. The van der Waals surface area contributed by atoms with E-state index in [1.54, 1.807) is 19.2 Å². The minimum atomic E-state index is -0.295. The van der Waals surface area contributed by atoms with Gasteiger partial charge in [-0.1, -0.05) is 18.2 Å². The zero-order valence-electron chi connectivity index (χ0n) is 16.7. The van der Waals surface area contributed by atoms with Crippen molar-refractivity contribution >= 4 is 16.7 Å². The number of aromatic amines is 1. The summed E-state index contributed by atoms with van der Waals surface area (Å²) < 4.78 is 18.7. The van der Waals surface area contributed by atoms with Gasteiger partial charge in [0.1, 0.15) is 11.6 Å². The summed E-state index contributed by atoms with van der Waals surface area (Å²) in [6.07, 6.45) is 2.84. The molecule has 5 heteroatoms. The number of likely N-dealkylation sites (tertiary alicyclic amines) is 1. The van der Waals surface area contributed by atoms with Crippen LogP contribution in [0, 0.1) is 11.7 Å². The molecule has 1 N–H and O–H groups in total. The molecule has 29 heavy (non-hydrogen) atoms. The van der Waals surface area contributed by atoms with Gasteiger partial charge in [-0.05, 0) is 67.4 Å². The summed E-state index contributed by atoms with van der Waals surface area (Å²) in [5.74, 6) is 0.505. The van der Waals surface area contributed by atoms with Crippen molar-refractivity contribution in [1.29, 1.82) is 0 Å². The number of nitrogens with zero attached hydrogens (tertiary/aromatic N) is 1. The molecule has 0 spiro atoms. The van der Waals surface area contributed by atoms with E-state index >= 15 is 0 Å². The molecule has 4 nitrogen and oxygen atoms in total. The molecule has 1 atom stereocenters. The van der Waals surface area contributed by atoms with E-state index in [1.165, 1.54) is 17.7 Å². The molecule has 0 unspecified atom stereocenters. The summed E-state index contributed by atoms with van der Waals surface area (Å²) in [5.41, 5.74) is 3.70. The van der Waals surface area contributed by atoms with E-state index in [0.29, 0.717) is 5.69 Å². The molecule has 0 amide bonds. The van der Waals surface area contributed by atoms with Gasteiger partial charge in [-0.3, -0.25) is 9.69 Å². The molecule has 0 bridgehead atoms. The monoisotopic (exact) mass is 392 g/mol. The number of halogens is 1. The van der Waals surface area contributed by atoms with Gasteiger partial charge in [-0.2, -0.15) is 0 Å². The number of rotatable bonds is 5. The minimum absolute atomic E-state index is 0.0822. The number of nitrogens with one attached hydrogen (secondary N) is 1. The van der Waals surface area contributed by atoms with Crippen molar-refractivity contribution in [3.63, 3.8) is 0 Å². The molecule has 150 valence electrons. The Hall–Kier alpha value is -2.92. The van der Waals surface area contributed by atoms with Gasteiger partial charge in [-0.25, -0.2) is 4.39 Å². The number of Topliss-reactive ketones (excluding diaryl/α,β-unsaturated/α-hetero) is 1. The standard InChI is InChI=1S/C24H25FN2O2/c1-3-17-15-27(14-16-4-7-20(29-2)8-5-16)11-10-21(17)24(28)23-13-18-12-19(25)6-9-22(18)26-23/h3-9,12-13,21,26H,10-11,14-15H2,1-2H3/b17-3-/t21-/m1/s1. The third-order valence-corrected chi connectivity index (χ3v) is 5.69. The normalized spacial score (nSPS) is 19.0. The number of ketones is 1. The van der Waals surface area contributed by atoms with E-state index in [0.717, 1.165) is 48.3 Å². The Bertz CT molecular complexity index is 1050. The lowest BCUT2D eigenvalue weighted by Gasteiger charge is -2.33. The molecule has 1 aliphatic heterocycles. The number of carbonyl (C=O) groups excluding carboxylic acids is 1. The third-order valence-electron chi connectivity index (χ3n) is 5.69. The third kappa shape index (κ3) is 4.10. The van der Waals surface area contributed by atoms with Gasteiger partial charge in [0, 0.05) is 29.9 Å². The van der Waals surface area contributed by atoms with Crippen LogP contribution < -0.4 is 4.74 Å². The van der Waals surface area contributed by atoms with Gasteiger partial charge >= 0.3 is 0 Å². The van der Waals surface area contributed by atoms with E-state index in [4.69, 9.17) is 4.74 Å². The lowest BCUT2D eigenvalue weighted by molar-refractivity contribution is 0.0893. The molecule has 3 aromatic rings. The van der Waals surface area contributed by atoms with Gasteiger partial charge in [0.05, 0.1) is 12.8 Å². The van der Waals surface area contributed by atoms with Crippen molar-refractivity contribution < 1.29 is 13.9 Å². The zero-order chi connectivity index (χ0) is 20.4. The van der Waals surface area contributed by atoms with E-state index in [1.807, 2.05) is 19.1 Å². The molecular weight excluding hydrogens is 367 g/mol. The first-order valence-corrected chi connectivity index (χ1v) is 9.90. The molecule has 4 rings (SSSR count). The molecule has 1 fully saturated rings. The number of ether oxygens (including phenoxy) is 1. The van der Waals surface area contributed by atoms with Crippen LogP contribution in [0.5, 0.6) is 5.75 Å². The molecule has 0 aliphatic carbocycles. The molecule has 0 saturated carbocycles. The van der Waals surface area contributed by atoms with Crippen LogP contribution in [0.3, 0.4) is 0 Å².